The standard InChI is InChI=1S/C24H33FN4O2Si/c1-15-12-16(25)8-9-19(15)27-22(31)29-14-17-18(23(29,2)3)13-26-20(17)28-21(30)24(10-7-11-24)32(4,5)6/h8-9,12H,7,10-11,13-14H2,1-6H3,(H,27,31)(H,26,28,30). The van der Waals surface area contributed by atoms with Gasteiger partial charge in [0.05, 0.1) is 26.7 Å². The van der Waals surface area contributed by atoms with Crippen LogP contribution in [0.1, 0.15) is 38.7 Å². The third kappa shape index (κ3) is 3.48. The van der Waals surface area contributed by atoms with Gasteiger partial charge in [0.15, 0.2) is 0 Å². The Bertz CT molecular complexity index is 1050. The van der Waals surface area contributed by atoms with E-state index in [1.807, 2.05) is 13.8 Å². The molecule has 0 bridgehead atoms. The quantitative estimate of drug-likeness (QED) is 0.638. The molecule has 2 N–H and O–H groups in total. The van der Waals surface area contributed by atoms with Gasteiger partial charge in [-0.25, -0.2) is 9.18 Å². The molecule has 4 rings (SSSR count). The van der Waals surface area contributed by atoms with E-state index in [4.69, 9.17) is 0 Å². The Morgan fingerprint density at radius 3 is 2.41 bits per heavy atom. The number of nitrogens with zero attached hydrogens (tertiary/aromatic N) is 2. The summed E-state index contributed by atoms with van der Waals surface area (Å²) >= 11 is 0. The molecule has 2 aliphatic heterocycles. The first-order valence-corrected chi connectivity index (χ1v) is 14.8. The number of rotatable bonds is 3. The third-order valence-corrected chi connectivity index (χ3v) is 11.4. The molecule has 0 aromatic heterocycles. The number of benzene rings is 1. The predicted octanol–water partition coefficient (Wildman–Crippen LogP) is 4.85. The molecular weight excluding hydrogens is 423 g/mol. The van der Waals surface area contributed by atoms with Crippen LogP contribution in [0.2, 0.25) is 24.7 Å². The second-order valence-electron chi connectivity index (χ2n) is 10.8. The molecule has 1 fully saturated rings. The highest BCUT2D eigenvalue weighted by Gasteiger charge is 2.54. The van der Waals surface area contributed by atoms with E-state index in [1.54, 1.807) is 17.9 Å². The van der Waals surface area contributed by atoms with Crippen molar-refractivity contribution >= 4 is 31.5 Å². The van der Waals surface area contributed by atoms with Crippen molar-refractivity contribution in [3.8, 4) is 0 Å². The Morgan fingerprint density at radius 2 is 1.84 bits per heavy atom. The Hall–Kier alpha value is -2.48. The number of nitrogens with one attached hydrogen (secondary N) is 2. The maximum absolute atomic E-state index is 13.4. The number of carbonyl (C=O) groups excluding carboxylic acids is 2. The van der Waals surface area contributed by atoms with Crippen molar-refractivity contribution in [2.75, 3.05) is 18.4 Å². The van der Waals surface area contributed by atoms with Crippen LogP contribution in [0.15, 0.2) is 34.3 Å². The van der Waals surface area contributed by atoms with Gasteiger partial charge < -0.3 is 15.5 Å². The first-order chi connectivity index (χ1) is 14.9. The van der Waals surface area contributed by atoms with Crippen molar-refractivity contribution in [3.63, 3.8) is 0 Å². The van der Waals surface area contributed by atoms with Gasteiger partial charge in [0.1, 0.15) is 11.7 Å². The van der Waals surface area contributed by atoms with Crippen LogP contribution in [0, 0.1) is 12.7 Å². The van der Waals surface area contributed by atoms with Crippen molar-refractivity contribution in [2.24, 2.45) is 4.99 Å². The normalized spacial score (nSPS) is 21.1. The first kappa shape index (κ1) is 22.7. The van der Waals surface area contributed by atoms with Crippen LogP contribution in [0.3, 0.4) is 0 Å². The number of aliphatic imine (C=N–C) groups is 1. The van der Waals surface area contributed by atoms with Gasteiger partial charge in [0, 0.05) is 16.3 Å². The summed E-state index contributed by atoms with van der Waals surface area (Å²) in [6, 6.07) is 4.07. The summed E-state index contributed by atoms with van der Waals surface area (Å²) in [5.41, 5.74) is 2.73. The molecule has 3 amide bonds. The molecule has 2 heterocycles. The maximum Gasteiger partial charge on any atom is 0.322 e. The summed E-state index contributed by atoms with van der Waals surface area (Å²) < 4.78 is 13.4. The summed E-state index contributed by atoms with van der Waals surface area (Å²) in [5.74, 6) is 0.385. The van der Waals surface area contributed by atoms with Crippen LogP contribution >= 0.6 is 0 Å². The second kappa shape index (κ2) is 7.54. The van der Waals surface area contributed by atoms with Gasteiger partial charge in [0.25, 0.3) is 0 Å². The average Bonchev–Trinajstić information content (AvgIpc) is 3.13. The minimum absolute atomic E-state index is 0.0954. The van der Waals surface area contributed by atoms with Crippen molar-refractivity contribution in [1.82, 2.24) is 10.2 Å². The average molecular weight is 457 g/mol. The number of carbonyl (C=O) groups is 2. The van der Waals surface area contributed by atoms with Crippen LogP contribution in [0.4, 0.5) is 14.9 Å². The monoisotopic (exact) mass is 456 g/mol. The zero-order valence-electron chi connectivity index (χ0n) is 19.9. The predicted molar refractivity (Wildman–Crippen MR) is 128 cm³/mol. The molecule has 0 unspecified atom stereocenters. The minimum atomic E-state index is -1.69. The van der Waals surface area contributed by atoms with Crippen LogP contribution in [-0.2, 0) is 4.79 Å². The number of urea groups is 1. The Labute approximate surface area is 190 Å². The van der Waals surface area contributed by atoms with Crippen LogP contribution < -0.4 is 10.6 Å². The highest BCUT2D eigenvalue weighted by atomic mass is 28.3. The first-order valence-electron chi connectivity index (χ1n) is 11.3. The van der Waals surface area contributed by atoms with Crippen molar-refractivity contribution in [2.45, 2.75) is 70.3 Å². The van der Waals surface area contributed by atoms with Gasteiger partial charge >= 0.3 is 6.03 Å². The molecule has 1 aromatic rings. The lowest BCUT2D eigenvalue weighted by atomic mass is 9.83. The van der Waals surface area contributed by atoms with E-state index in [-0.39, 0.29) is 22.8 Å². The molecule has 172 valence electrons. The minimum Gasteiger partial charge on any atom is -0.311 e. The summed E-state index contributed by atoms with van der Waals surface area (Å²) in [4.78, 5) is 32.9. The molecule has 1 aromatic carbocycles. The molecule has 1 saturated carbocycles. The number of amides is 3. The number of hydrogen-bond acceptors (Lipinski definition) is 3. The maximum atomic E-state index is 13.4. The topological polar surface area (TPSA) is 73.8 Å². The zero-order chi connectivity index (χ0) is 23.5. The molecule has 0 spiro atoms. The molecule has 6 nitrogen and oxygen atoms in total. The van der Waals surface area contributed by atoms with E-state index in [1.165, 1.54) is 12.1 Å². The van der Waals surface area contributed by atoms with Crippen molar-refractivity contribution in [1.29, 1.82) is 0 Å². The van der Waals surface area contributed by atoms with E-state index in [0.717, 1.165) is 30.4 Å². The highest BCUT2D eigenvalue weighted by Crippen LogP contribution is 2.55. The zero-order valence-corrected chi connectivity index (χ0v) is 20.9. The van der Waals surface area contributed by atoms with Crippen LogP contribution in [-0.4, -0.2) is 49.4 Å². The van der Waals surface area contributed by atoms with Gasteiger partial charge in [-0.1, -0.05) is 26.1 Å². The second-order valence-corrected chi connectivity index (χ2v) is 16.3. The highest BCUT2D eigenvalue weighted by molar-refractivity contribution is 6.82. The lowest BCUT2D eigenvalue weighted by Crippen LogP contribution is -2.55. The van der Waals surface area contributed by atoms with Gasteiger partial charge in [-0.15, -0.1) is 0 Å². The van der Waals surface area contributed by atoms with E-state index < -0.39 is 13.6 Å². The molecule has 32 heavy (non-hydrogen) atoms. The molecule has 0 atom stereocenters. The van der Waals surface area contributed by atoms with Gasteiger partial charge in [-0.3, -0.25) is 9.79 Å². The van der Waals surface area contributed by atoms with Gasteiger partial charge in [-0.05, 0) is 62.9 Å². The number of aryl methyl sites for hydroxylation is 1. The van der Waals surface area contributed by atoms with E-state index in [9.17, 15) is 14.0 Å². The number of amidine groups is 1. The lowest BCUT2D eigenvalue weighted by Gasteiger charge is -2.49. The van der Waals surface area contributed by atoms with Crippen molar-refractivity contribution < 1.29 is 14.0 Å². The molecule has 1 aliphatic carbocycles. The SMILES string of the molecule is Cc1cc(F)ccc1NC(=O)N1CC2=C(CN=C2NC(=O)C2([Si](C)(C)C)CCC2)C1(C)C. The summed E-state index contributed by atoms with van der Waals surface area (Å²) in [5, 5.41) is 5.83. The smallest absolute Gasteiger partial charge is 0.311 e. The molecule has 0 radical (unpaired) electrons. The van der Waals surface area contributed by atoms with E-state index in [2.05, 4.69) is 35.3 Å². The molecular formula is C24H33FN4O2Si. The van der Waals surface area contributed by atoms with Crippen LogP contribution in [0.5, 0.6) is 0 Å². The van der Waals surface area contributed by atoms with E-state index in [0.29, 0.717) is 30.2 Å². The van der Waals surface area contributed by atoms with E-state index >= 15 is 0 Å². The van der Waals surface area contributed by atoms with Crippen molar-refractivity contribution in [3.05, 3.63) is 40.7 Å². The van der Waals surface area contributed by atoms with Crippen LogP contribution in [0.25, 0.3) is 0 Å². The lowest BCUT2D eigenvalue weighted by molar-refractivity contribution is -0.125. The van der Waals surface area contributed by atoms with Gasteiger partial charge in [-0.2, -0.15) is 0 Å². The molecule has 0 saturated heterocycles. The fourth-order valence-electron chi connectivity index (χ4n) is 5.21. The molecule has 8 heteroatoms. The fraction of sp³-hybridized carbons (Fsp3) is 0.542. The number of hydrogen-bond donors (Lipinski definition) is 2. The third-order valence-electron chi connectivity index (χ3n) is 7.76. The number of halogens is 1. The van der Waals surface area contributed by atoms with Gasteiger partial charge in [0.2, 0.25) is 5.91 Å². The molecule has 3 aliphatic rings. The summed E-state index contributed by atoms with van der Waals surface area (Å²) in [6.07, 6.45) is 3.00. The largest absolute Gasteiger partial charge is 0.322 e. The Kier molecular flexibility index (Phi) is 5.35. The Balaban J connectivity index is 1.50. The fourth-order valence-corrected chi connectivity index (χ4v) is 7.81. The Morgan fingerprint density at radius 1 is 1.16 bits per heavy atom. The summed E-state index contributed by atoms with van der Waals surface area (Å²) in [7, 11) is -1.69. The summed E-state index contributed by atoms with van der Waals surface area (Å²) in [6.45, 7) is 13.4. The number of anilines is 1.